The van der Waals surface area contributed by atoms with E-state index in [9.17, 15) is 9.59 Å². The van der Waals surface area contributed by atoms with E-state index in [2.05, 4.69) is 5.10 Å². The number of methoxy groups -OCH3 is 1. The first-order chi connectivity index (χ1) is 16.1. The molecule has 33 heavy (non-hydrogen) atoms. The first-order valence-corrected chi connectivity index (χ1v) is 11.0. The molecule has 0 spiro atoms. The lowest BCUT2D eigenvalue weighted by Gasteiger charge is -2.31. The van der Waals surface area contributed by atoms with Crippen molar-refractivity contribution in [3.63, 3.8) is 0 Å². The summed E-state index contributed by atoms with van der Waals surface area (Å²) >= 11 is 0. The molecule has 0 atom stereocenters. The third-order valence-corrected chi connectivity index (χ3v) is 6.11. The molecule has 0 radical (unpaired) electrons. The van der Waals surface area contributed by atoms with Crippen LogP contribution in [0.1, 0.15) is 29.0 Å². The molecule has 0 bridgehead atoms. The van der Waals surface area contributed by atoms with Gasteiger partial charge in [0.25, 0.3) is 5.91 Å². The van der Waals surface area contributed by atoms with Crippen molar-refractivity contribution in [2.75, 3.05) is 20.2 Å². The number of amides is 1. The Bertz CT molecular complexity index is 1270. The molecule has 5 rings (SSSR count). The molecule has 1 aliphatic heterocycles. The zero-order chi connectivity index (χ0) is 22.8. The van der Waals surface area contributed by atoms with Gasteiger partial charge in [-0.15, -0.1) is 0 Å². The average Bonchev–Trinajstić information content (AvgIpc) is 3.54. The molecule has 0 N–H and O–H groups in total. The first kappa shape index (κ1) is 20.9. The van der Waals surface area contributed by atoms with Crippen LogP contribution in [0.4, 0.5) is 0 Å². The number of ether oxygens (including phenoxy) is 1. The van der Waals surface area contributed by atoms with E-state index >= 15 is 0 Å². The summed E-state index contributed by atoms with van der Waals surface area (Å²) in [4.78, 5) is 32.1. The predicted octanol–water partition coefficient (Wildman–Crippen LogP) is 3.76. The van der Waals surface area contributed by atoms with Crippen LogP contribution in [-0.2, 0) is 16.1 Å². The van der Waals surface area contributed by atoms with E-state index in [-0.39, 0.29) is 17.8 Å². The summed E-state index contributed by atoms with van der Waals surface area (Å²) in [5.41, 5.74) is 2.81. The number of furan rings is 1. The lowest BCUT2D eigenvalue weighted by molar-refractivity contribution is -0.146. The molecule has 1 amide bonds. The predicted molar refractivity (Wildman–Crippen MR) is 121 cm³/mol. The highest BCUT2D eigenvalue weighted by molar-refractivity contribution is 6.06. The molecule has 3 aromatic heterocycles. The van der Waals surface area contributed by atoms with Gasteiger partial charge in [-0.05, 0) is 31.0 Å². The van der Waals surface area contributed by atoms with Crippen molar-refractivity contribution < 1.29 is 18.7 Å². The lowest BCUT2D eigenvalue weighted by Crippen LogP contribution is -2.40. The fourth-order valence-corrected chi connectivity index (χ4v) is 4.30. The van der Waals surface area contributed by atoms with E-state index in [1.54, 1.807) is 22.0 Å². The molecule has 1 saturated heterocycles. The second-order valence-corrected chi connectivity index (χ2v) is 8.13. The topological polar surface area (TPSA) is 90.5 Å². The second-order valence-electron chi connectivity index (χ2n) is 8.13. The van der Waals surface area contributed by atoms with Crippen molar-refractivity contribution in [3.8, 4) is 11.3 Å². The Morgan fingerprint density at radius 3 is 2.61 bits per heavy atom. The highest BCUT2D eigenvalue weighted by Crippen LogP contribution is 2.28. The zero-order valence-electron chi connectivity index (χ0n) is 18.3. The van der Waals surface area contributed by atoms with E-state index in [0.29, 0.717) is 54.8 Å². The van der Waals surface area contributed by atoms with Crippen molar-refractivity contribution >= 4 is 22.9 Å². The quantitative estimate of drug-likeness (QED) is 0.435. The number of carbonyl (C=O) groups excluding carboxylic acids is 2. The fourth-order valence-electron chi connectivity index (χ4n) is 4.30. The molecule has 1 aromatic carbocycles. The summed E-state index contributed by atoms with van der Waals surface area (Å²) in [7, 11) is 1.40. The zero-order valence-corrected chi connectivity index (χ0v) is 18.3. The summed E-state index contributed by atoms with van der Waals surface area (Å²) in [5.74, 6) is 0.302. The van der Waals surface area contributed by atoms with Crippen LogP contribution in [0, 0.1) is 5.92 Å². The van der Waals surface area contributed by atoms with E-state index in [0.717, 1.165) is 11.3 Å². The maximum Gasteiger partial charge on any atom is 0.308 e. The molecular weight excluding hydrogens is 420 g/mol. The number of hydrogen-bond acceptors (Lipinski definition) is 6. The van der Waals surface area contributed by atoms with Crippen LogP contribution in [0.15, 0.2) is 65.4 Å². The third-order valence-electron chi connectivity index (χ3n) is 6.11. The minimum Gasteiger partial charge on any atom is -0.469 e. The van der Waals surface area contributed by atoms with Gasteiger partial charge in [0.2, 0.25) is 0 Å². The second kappa shape index (κ2) is 8.90. The van der Waals surface area contributed by atoms with Crippen LogP contribution in [-0.4, -0.2) is 51.7 Å². The minimum absolute atomic E-state index is 0.0829. The summed E-state index contributed by atoms with van der Waals surface area (Å²) in [6, 6.07) is 15.3. The van der Waals surface area contributed by atoms with Gasteiger partial charge in [-0.25, -0.2) is 9.67 Å². The van der Waals surface area contributed by atoms with Crippen LogP contribution in [0.5, 0.6) is 0 Å². The number of pyridine rings is 1. The lowest BCUT2D eigenvalue weighted by atomic mass is 9.96. The first-order valence-electron chi connectivity index (χ1n) is 11.0. The van der Waals surface area contributed by atoms with Crippen molar-refractivity contribution in [1.29, 1.82) is 0 Å². The Balaban J connectivity index is 1.52. The summed E-state index contributed by atoms with van der Waals surface area (Å²) in [6.45, 7) is 1.42. The van der Waals surface area contributed by atoms with Crippen LogP contribution in [0.3, 0.4) is 0 Å². The summed E-state index contributed by atoms with van der Waals surface area (Å²) in [5, 5.41) is 5.20. The number of nitrogens with zero attached hydrogens (tertiary/aromatic N) is 4. The standard InChI is InChI=1S/C25H24N4O4/c1-32-25(31)18-9-11-28(12-10-18)24(30)20-14-22(17-6-3-2-4-7-17)27-23-21(20)15-26-29(23)16-19-8-5-13-33-19/h2-8,13-15,18H,9-12,16H2,1H3. The summed E-state index contributed by atoms with van der Waals surface area (Å²) in [6.07, 6.45) is 4.50. The number of fused-ring (bicyclic) bond motifs is 1. The van der Waals surface area contributed by atoms with Crippen LogP contribution >= 0.6 is 0 Å². The third kappa shape index (κ3) is 4.11. The van der Waals surface area contributed by atoms with E-state index < -0.39 is 0 Å². The molecule has 1 aliphatic rings. The number of likely N-dealkylation sites (tertiary alicyclic amines) is 1. The molecule has 1 fully saturated rings. The SMILES string of the molecule is COC(=O)C1CCN(C(=O)c2cc(-c3ccccc3)nc3c2cnn3Cc2ccco2)CC1. The van der Waals surface area contributed by atoms with Gasteiger partial charge in [-0.3, -0.25) is 9.59 Å². The Morgan fingerprint density at radius 2 is 1.91 bits per heavy atom. The normalized spacial score (nSPS) is 14.5. The highest BCUT2D eigenvalue weighted by Gasteiger charge is 2.30. The van der Waals surface area contributed by atoms with Crippen molar-refractivity contribution in [1.82, 2.24) is 19.7 Å². The number of esters is 1. The largest absolute Gasteiger partial charge is 0.469 e. The maximum atomic E-state index is 13.6. The molecule has 0 unspecified atom stereocenters. The molecule has 4 aromatic rings. The van der Waals surface area contributed by atoms with Gasteiger partial charge in [0.1, 0.15) is 12.3 Å². The number of aromatic nitrogens is 3. The van der Waals surface area contributed by atoms with Gasteiger partial charge in [0, 0.05) is 18.7 Å². The van der Waals surface area contributed by atoms with Gasteiger partial charge in [-0.2, -0.15) is 5.10 Å². The van der Waals surface area contributed by atoms with Gasteiger partial charge < -0.3 is 14.1 Å². The van der Waals surface area contributed by atoms with Crippen molar-refractivity contribution in [2.24, 2.45) is 5.92 Å². The number of rotatable bonds is 5. The van der Waals surface area contributed by atoms with Gasteiger partial charge >= 0.3 is 5.97 Å². The van der Waals surface area contributed by atoms with Gasteiger partial charge in [0.05, 0.1) is 42.1 Å². The molecule has 168 valence electrons. The van der Waals surface area contributed by atoms with Crippen LogP contribution < -0.4 is 0 Å². The highest BCUT2D eigenvalue weighted by atomic mass is 16.5. The molecule has 8 nitrogen and oxygen atoms in total. The number of carbonyl (C=O) groups is 2. The number of benzene rings is 1. The van der Waals surface area contributed by atoms with Crippen LogP contribution in [0.25, 0.3) is 22.3 Å². The van der Waals surface area contributed by atoms with E-state index in [1.165, 1.54) is 7.11 Å². The van der Waals surface area contributed by atoms with Gasteiger partial charge in [-0.1, -0.05) is 30.3 Å². The molecule has 0 saturated carbocycles. The van der Waals surface area contributed by atoms with Crippen molar-refractivity contribution in [3.05, 3.63) is 72.3 Å². The Labute approximate surface area is 190 Å². The molecule has 0 aliphatic carbocycles. The van der Waals surface area contributed by atoms with E-state index in [1.807, 2.05) is 48.5 Å². The van der Waals surface area contributed by atoms with Crippen molar-refractivity contribution in [2.45, 2.75) is 19.4 Å². The Morgan fingerprint density at radius 1 is 1.12 bits per heavy atom. The fraction of sp³-hybridized carbons (Fsp3) is 0.280. The smallest absolute Gasteiger partial charge is 0.308 e. The number of piperidine rings is 1. The Hall–Kier alpha value is -3.94. The van der Waals surface area contributed by atoms with Gasteiger partial charge in [0.15, 0.2) is 5.65 Å². The van der Waals surface area contributed by atoms with E-state index in [4.69, 9.17) is 14.1 Å². The molecule has 8 heteroatoms. The molecule has 4 heterocycles. The monoisotopic (exact) mass is 444 g/mol. The molecular formula is C25H24N4O4. The number of hydrogen-bond donors (Lipinski definition) is 0. The summed E-state index contributed by atoms with van der Waals surface area (Å²) < 4.78 is 12.1. The average molecular weight is 444 g/mol. The Kier molecular flexibility index (Phi) is 5.64. The minimum atomic E-state index is -0.209. The maximum absolute atomic E-state index is 13.6. The van der Waals surface area contributed by atoms with Crippen LogP contribution in [0.2, 0.25) is 0 Å².